The molecule has 5 aromatic rings. The number of aromatic amines is 1. The maximum Gasteiger partial charge on any atom is 0.298 e. The Morgan fingerprint density at radius 3 is 2.59 bits per heavy atom. The monoisotopic (exact) mass is 456 g/mol. The van der Waals surface area contributed by atoms with E-state index in [-0.39, 0.29) is 11.9 Å². The molecule has 0 aliphatic heterocycles. The average Bonchev–Trinajstić information content (AvgIpc) is 3.54. The van der Waals surface area contributed by atoms with Gasteiger partial charge in [0.25, 0.3) is 6.01 Å². The Hall–Kier alpha value is -4.07. The third kappa shape index (κ3) is 4.14. The van der Waals surface area contributed by atoms with Gasteiger partial charge >= 0.3 is 0 Å². The Balaban J connectivity index is 1.47. The third-order valence-corrected chi connectivity index (χ3v) is 6.04. The smallest absolute Gasteiger partial charge is 0.298 e. The van der Waals surface area contributed by atoms with Crippen LogP contribution in [0.15, 0.2) is 71.1 Å². The zero-order chi connectivity index (χ0) is 23.5. The fourth-order valence-corrected chi connectivity index (χ4v) is 4.15. The first kappa shape index (κ1) is 21.8. The van der Waals surface area contributed by atoms with Gasteiger partial charge in [-0.25, -0.2) is 4.39 Å². The van der Waals surface area contributed by atoms with Crippen LogP contribution in [0.5, 0.6) is 0 Å². The van der Waals surface area contributed by atoms with Crippen LogP contribution in [-0.4, -0.2) is 32.2 Å². The predicted molar refractivity (Wildman–Crippen MR) is 130 cm³/mol. The number of benzene rings is 3. The molecule has 0 amide bonds. The Labute approximate surface area is 196 Å². The zero-order valence-electron chi connectivity index (χ0n) is 19.1. The Morgan fingerprint density at radius 1 is 1.03 bits per heavy atom. The summed E-state index contributed by atoms with van der Waals surface area (Å²) in [5.74, 6) is -0.162. The zero-order valence-corrected chi connectivity index (χ0v) is 19.1. The number of rotatable bonds is 8. The fraction of sp³-hybridized carbons (Fsp3) is 0.231. The molecule has 172 valence electrons. The minimum absolute atomic E-state index is 0.0397. The molecule has 0 radical (unpaired) electrons. The van der Waals surface area contributed by atoms with E-state index >= 15 is 0 Å². The van der Waals surface area contributed by atoms with Crippen molar-refractivity contribution in [3.05, 3.63) is 78.1 Å². The maximum absolute atomic E-state index is 14.7. The van der Waals surface area contributed by atoms with Crippen LogP contribution in [0.1, 0.15) is 38.3 Å². The van der Waals surface area contributed by atoms with Crippen molar-refractivity contribution in [2.45, 2.75) is 32.7 Å². The van der Waals surface area contributed by atoms with Crippen molar-refractivity contribution < 1.29 is 8.81 Å². The predicted octanol–water partition coefficient (Wildman–Crippen LogP) is 6.18. The number of fused-ring (bicyclic) bond motifs is 1. The minimum atomic E-state index is -0.391. The van der Waals surface area contributed by atoms with Crippen molar-refractivity contribution in [1.29, 1.82) is 0 Å². The summed E-state index contributed by atoms with van der Waals surface area (Å²) >= 11 is 0. The van der Waals surface area contributed by atoms with Gasteiger partial charge in [0.2, 0.25) is 5.82 Å². The normalized spacial score (nSPS) is 12.2. The largest absolute Gasteiger partial charge is 0.423 e. The Kier molecular flexibility index (Phi) is 6.03. The number of unbranched alkanes of at least 4 members (excludes halogenated alkanes) is 1. The highest BCUT2D eigenvalue weighted by Gasteiger charge is 2.22. The van der Waals surface area contributed by atoms with E-state index in [4.69, 9.17) is 9.40 Å². The second-order valence-corrected chi connectivity index (χ2v) is 8.21. The molecular weight excluding hydrogens is 431 g/mol. The highest BCUT2D eigenvalue weighted by Crippen LogP contribution is 2.34. The molecule has 1 N–H and O–H groups in total. The molecule has 3 aromatic carbocycles. The second-order valence-electron chi connectivity index (χ2n) is 8.21. The number of oxazole rings is 1. The molecule has 0 aliphatic carbocycles. The van der Waals surface area contributed by atoms with Crippen molar-refractivity contribution in [3.63, 3.8) is 0 Å². The lowest BCUT2D eigenvalue weighted by Crippen LogP contribution is -2.28. The van der Waals surface area contributed by atoms with Gasteiger partial charge in [0.1, 0.15) is 11.3 Å². The van der Waals surface area contributed by atoms with Gasteiger partial charge in [-0.3, -0.25) is 0 Å². The standard InChI is InChI=1S/C26H25FN6O/c1-3-4-16-33(26-28-22-10-5-6-11-23(22)34-26)17(2)18-12-14-19(15-13-18)20-8-7-9-21(27)24(20)25-29-31-32-30-25/h5-15,17H,3-4,16H2,1-2H3,(H,29,30,31,32)/t17-/m1/s1. The first-order valence-electron chi connectivity index (χ1n) is 11.4. The second kappa shape index (κ2) is 9.43. The van der Waals surface area contributed by atoms with E-state index in [1.807, 2.05) is 42.5 Å². The van der Waals surface area contributed by atoms with Crippen molar-refractivity contribution >= 4 is 17.1 Å². The van der Waals surface area contributed by atoms with E-state index in [0.29, 0.717) is 17.1 Å². The van der Waals surface area contributed by atoms with Crippen molar-refractivity contribution in [3.8, 4) is 22.5 Å². The molecule has 0 bridgehead atoms. The number of hydrogen-bond acceptors (Lipinski definition) is 6. The number of tetrazole rings is 1. The number of nitrogens with zero attached hydrogens (tertiary/aromatic N) is 5. The molecule has 8 heteroatoms. The van der Waals surface area contributed by atoms with Crippen LogP contribution in [0.25, 0.3) is 33.6 Å². The van der Waals surface area contributed by atoms with Gasteiger partial charge in [0.05, 0.1) is 11.6 Å². The number of para-hydroxylation sites is 2. The summed E-state index contributed by atoms with van der Waals surface area (Å²) in [5, 5.41) is 13.9. The lowest BCUT2D eigenvalue weighted by molar-refractivity contribution is 0.524. The van der Waals surface area contributed by atoms with Crippen LogP contribution in [0, 0.1) is 5.82 Å². The highest BCUT2D eigenvalue weighted by molar-refractivity contribution is 5.81. The average molecular weight is 457 g/mol. The Morgan fingerprint density at radius 2 is 1.85 bits per heavy atom. The van der Waals surface area contributed by atoms with Crippen molar-refractivity contribution in [2.24, 2.45) is 0 Å². The van der Waals surface area contributed by atoms with E-state index in [2.05, 4.69) is 51.5 Å². The summed E-state index contributed by atoms with van der Waals surface area (Å²) in [7, 11) is 0. The van der Waals surface area contributed by atoms with E-state index in [0.717, 1.165) is 41.6 Å². The van der Waals surface area contributed by atoms with Crippen molar-refractivity contribution in [2.75, 3.05) is 11.4 Å². The number of hydrogen-bond donors (Lipinski definition) is 1. The number of anilines is 1. The lowest BCUT2D eigenvalue weighted by Gasteiger charge is -2.28. The van der Waals surface area contributed by atoms with E-state index < -0.39 is 5.82 Å². The van der Waals surface area contributed by atoms with Crippen LogP contribution in [0.3, 0.4) is 0 Å². The van der Waals surface area contributed by atoms with Crippen LogP contribution < -0.4 is 4.90 Å². The number of aromatic nitrogens is 5. The fourth-order valence-electron chi connectivity index (χ4n) is 4.15. The van der Waals surface area contributed by atoms with E-state index in [9.17, 15) is 4.39 Å². The van der Waals surface area contributed by atoms with Gasteiger partial charge in [0, 0.05) is 6.54 Å². The molecule has 2 heterocycles. The maximum atomic E-state index is 14.7. The van der Waals surface area contributed by atoms with Gasteiger partial charge in [-0.1, -0.05) is 61.9 Å². The Bertz CT molecular complexity index is 1350. The topological polar surface area (TPSA) is 83.7 Å². The van der Waals surface area contributed by atoms with Gasteiger partial charge in [-0.05, 0) is 53.4 Å². The molecule has 0 spiro atoms. The molecule has 0 unspecified atom stereocenters. The van der Waals surface area contributed by atoms with Crippen molar-refractivity contribution in [1.82, 2.24) is 25.6 Å². The summed E-state index contributed by atoms with van der Waals surface area (Å²) in [6.07, 6.45) is 2.10. The lowest BCUT2D eigenvalue weighted by atomic mass is 9.96. The molecule has 0 saturated heterocycles. The van der Waals surface area contributed by atoms with Gasteiger partial charge in [-0.2, -0.15) is 10.2 Å². The van der Waals surface area contributed by atoms with E-state index in [1.165, 1.54) is 6.07 Å². The summed E-state index contributed by atoms with van der Waals surface area (Å²) in [5.41, 5.74) is 4.65. The summed E-state index contributed by atoms with van der Waals surface area (Å²) in [6.45, 7) is 5.15. The summed E-state index contributed by atoms with van der Waals surface area (Å²) < 4.78 is 20.7. The number of H-pyrrole nitrogens is 1. The van der Waals surface area contributed by atoms with Crippen LogP contribution in [0.2, 0.25) is 0 Å². The van der Waals surface area contributed by atoms with Gasteiger partial charge in [0.15, 0.2) is 5.58 Å². The first-order chi connectivity index (χ1) is 16.7. The molecule has 5 rings (SSSR count). The van der Waals surface area contributed by atoms with Gasteiger partial charge < -0.3 is 9.32 Å². The van der Waals surface area contributed by atoms with Crippen LogP contribution >= 0.6 is 0 Å². The summed E-state index contributed by atoms with van der Waals surface area (Å²) in [6, 6.07) is 21.5. The number of nitrogens with one attached hydrogen (secondary N) is 1. The van der Waals surface area contributed by atoms with E-state index in [1.54, 1.807) is 6.07 Å². The van der Waals surface area contributed by atoms with Crippen LogP contribution in [-0.2, 0) is 0 Å². The molecule has 2 aromatic heterocycles. The molecule has 1 atom stereocenters. The molecular formula is C26H25FN6O. The quantitative estimate of drug-likeness (QED) is 0.300. The molecule has 0 saturated carbocycles. The number of halogens is 1. The molecule has 7 nitrogen and oxygen atoms in total. The SMILES string of the molecule is CCCCN(c1nc2ccccc2o1)[C@H](C)c1ccc(-c2cccc(F)c2-c2nn[nH]n2)cc1. The highest BCUT2D eigenvalue weighted by atomic mass is 19.1. The molecule has 0 aliphatic rings. The minimum Gasteiger partial charge on any atom is -0.423 e. The van der Waals surface area contributed by atoms with Crippen LogP contribution in [0.4, 0.5) is 10.4 Å². The first-order valence-corrected chi connectivity index (χ1v) is 11.4. The summed E-state index contributed by atoms with van der Waals surface area (Å²) in [4.78, 5) is 6.92. The third-order valence-electron chi connectivity index (χ3n) is 6.04. The molecule has 34 heavy (non-hydrogen) atoms. The van der Waals surface area contributed by atoms with Gasteiger partial charge in [-0.15, -0.1) is 10.2 Å². The molecule has 0 fully saturated rings.